The number of nitrogens with zero attached hydrogens (tertiary/aromatic N) is 3. The van der Waals surface area contributed by atoms with Crippen molar-refractivity contribution in [1.82, 2.24) is 15.0 Å². The van der Waals surface area contributed by atoms with Crippen LogP contribution in [0.4, 0.5) is 27.7 Å². The number of carbonyl (C=O) groups is 1. The van der Waals surface area contributed by atoms with E-state index in [1.54, 1.807) is 37.4 Å². The van der Waals surface area contributed by atoms with Gasteiger partial charge in [-0.3, -0.25) is 4.79 Å². The van der Waals surface area contributed by atoms with Crippen LogP contribution >= 0.6 is 0 Å². The lowest BCUT2D eigenvalue weighted by atomic mass is 10.0. The van der Waals surface area contributed by atoms with Crippen molar-refractivity contribution < 1.29 is 9.18 Å². The summed E-state index contributed by atoms with van der Waals surface area (Å²) in [5.41, 5.74) is 9.27. The van der Waals surface area contributed by atoms with Crippen LogP contribution in [0.2, 0.25) is 0 Å². The van der Waals surface area contributed by atoms with Crippen molar-refractivity contribution >= 4 is 29.2 Å². The topological polar surface area (TPSA) is 118 Å². The van der Waals surface area contributed by atoms with Gasteiger partial charge < -0.3 is 21.7 Å². The van der Waals surface area contributed by atoms with Gasteiger partial charge in [0.1, 0.15) is 17.5 Å². The summed E-state index contributed by atoms with van der Waals surface area (Å²) in [5.74, 6) is 1.01. The molecule has 0 spiro atoms. The van der Waals surface area contributed by atoms with Crippen LogP contribution in [-0.4, -0.2) is 33.9 Å². The number of nitrogens with one attached hydrogen (secondary N) is 3. The van der Waals surface area contributed by atoms with Crippen LogP contribution in [0.25, 0.3) is 11.3 Å². The summed E-state index contributed by atoms with van der Waals surface area (Å²) in [6, 6.07) is 8.59. The Hall–Kier alpha value is -3.75. The van der Waals surface area contributed by atoms with Crippen LogP contribution in [0.5, 0.6) is 0 Å². The Morgan fingerprint density at radius 2 is 1.77 bits per heavy atom. The van der Waals surface area contributed by atoms with E-state index in [1.165, 1.54) is 13.0 Å². The summed E-state index contributed by atoms with van der Waals surface area (Å²) >= 11 is 0. The molecule has 8 nitrogen and oxygen atoms in total. The highest BCUT2D eigenvalue weighted by atomic mass is 19.1. The number of hydrogen-bond acceptors (Lipinski definition) is 7. The van der Waals surface area contributed by atoms with E-state index in [4.69, 9.17) is 5.73 Å². The summed E-state index contributed by atoms with van der Waals surface area (Å²) in [4.78, 5) is 23.8. The summed E-state index contributed by atoms with van der Waals surface area (Å²) in [5, 5.41) is 9.04. The van der Waals surface area contributed by atoms with E-state index in [2.05, 4.69) is 30.9 Å². The van der Waals surface area contributed by atoms with E-state index in [-0.39, 0.29) is 17.7 Å². The van der Waals surface area contributed by atoms with Crippen molar-refractivity contribution in [2.45, 2.75) is 20.8 Å². The average Bonchev–Trinajstić information content (AvgIpc) is 2.68. The molecular formula is C21H24FN7O. The van der Waals surface area contributed by atoms with E-state index >= 15 is 0 Å². The third kappa shape index (κ3) is 5.40. The first kappa shape index (κ1) is 21.0. The zero-order chi connectivity index (χ0) is 21.7. The molecule has 0 bridgehead atoms. The van der Waals surface area contributed by atoms with E-state index in [1.807, 2.05) is 6.92 Å². The lowest BCUT2D eigenvalue weighted by Crippen LogP contribution is -2.15. The van der Waals surface area contributed by atoms with Gasteiger partial charge in [-0.15, -0.1) is 0 Å². The van der Waals surface area contributed by atoms with Gasteiger partial charge in [0.25, 0.3) is 0 Å². The van der Waals surface area contributed by atoms with Gasteiger partial charge in [-0.2, -0.15) is 4.98 Å². The summed E-state index contributed by atoms with van der Waals surface area (Å²) in [6.07, 6.45) is 1.58. The average molecular weight is 409 g/mol. The fraction of sp³-hybridized carbons (Fsp3) is 0.238. The molecule has 0 unspecified atom stereocenters. The monoisotopic (exact) mass is 409 g/mol. The number of benzene rings is 1. The van der Waals surface area contributed by atoms with Crippen LogP contribution in [0, 0.1) is 19.7 Å². The quantitative estimate of drug-likeness (QED) is 0.442. The highest BCUT2D eigenvalue weighted by Crippen LogP contribution is 2.26. The fourth-order valence-corrected chi connectivity index (χ4v) is 2.91. The highest BCUT2D eigenvalue weighted by Gasteiger charge is 2.10. The fourth-order valence-electron chi connectivity index (χ4n) is 2.91. The van der Waals surface area contributed by atoms with Gasteiger partial charge in [0.05, 0.1) is 17.6 Å². The van der Waals surface area contributed by atoms with Crippen molar-refractivity contribution in [2.24, 2.45) is 0 Å². The van der Waals surface area contributed by atoms with Crippen molar-refractivity contribution in [3.8, 4) is 11.3 Å². The second-order valence-electron chi connectivity index (χ2n) is 6.88. The zero-order valence-electron chi connectivity index (χ0n) is 17.1. The van der Waals surface area contributed by atoms with Gasteiger partial charge in [-0.1, -0.05) is 0 Å². The molecule has 30 heavy (non-hydrogen) atoms. The minimum Gasteiger partial charge on any atom is -0.368 e. The van der Waals surface area contributed by atoms with Gasteiger partial charge in [-0.05, 0) is 49.2 Å². The Labute approximate surface area is 174 Å². The maximum Gasteiger partial charge on any atom is 0.222 e. The van der Waals surface area contributed by atoms with Gasteiger partial charge in [0.2, 0.25) is 11.9 Å². The number of carbonyl (C=O) groups excluding carboxylic acids is 1. The predicted octanol–water partition coefficient (Wildman–Crippen LogP) is 3.36. The number of aryl methyl sites for hydroxylation is 2. The Kier molecular flexibility index (Phi) is 6.41. The molecular weight excluding hydrogens is 385 g/mol. The number of halogens is 1. The van der Waals surface area contributed by atoms with Crippen molar-refractivity contribution in [3.05, 3.63) is 53.5 Å². The molecule has 2 heterocycles. The molecule has 0 atom stereocenters. The van der Waals surface area contributed by atoms with Crippen molar-refractivity contribution in [1.29, 1.82) is 0 Å². The molecule has 0 aliphatic rings. The van der Waals surface area contributed by atoms with Gasteiger partial charge in [0, 0.05) is 31.6 Å². The summed E-state index contributed by atoms with van der Waals surface area (Å²) in [7, 11) is 0. The van der Waals surface area contributed by atoms with E-state index < -0.39 is 0 Å². The van der Waals surface area contributed by atoms with E-state index in [9.17, 15) is 9.18 Å². The molecule has 0 saturated carbocycles. The minimum atomic E-state index is -0.249. The van der Waals surface area contributed by atoms with Crippen LogP contribution in [0.1, 0.15) is 18.1 Å². The number of pyridine rings is 1. The summed E-state index contributed by atoms with van der Waals surface area (Å²) < 4.78 is 13.8. The number of aromatic nitrogens is 3. The first-order valence-corrected chi connectivity index (χ1v) is 9.45. The van der Waals surface area contributed by atoms with Crippen molar-refractivity contribution in [2.75, 3.05) is 34.8 Å². The largest absolute Gasteiger partial charge is 0.368 e. The second-order valence-corrected chi connectivity index (χ2v) is 6.88. The molecule has 0 aliphatic carbocycles. The molecule has 1 amide bonds. The molecule has 156 valence electrons. The number of nitrogen functional groups attached to an aromatic ring is 1. The van der Waals surface area contributed by atoms with Crippen LogP contribution in [0.15, 0.2) is 36.5 Å². The normalized spacial score (nSPS) is 10.5. The number of amides is 1. The lowest BCUT2D eigenvalue weighted by molar-refractivity contribution is -0.114. The molecule has 9 heteroatoms. The van der Waals surface area contributed by atoms with E-state index in [0.29, 0.717) is 41.7 Å². The Morgan fingerprint density at radius 1 is 1.03 bits per heavy atom. The van der Waals surface area contributed by atoms with Crippen LogP contribution in [-0.2, 0) is 4.79 Å². The number of nitrogens with two attached hydrogens (primary N) is 1. The molecule has 3 aromatic rings. The molecule has 0 fully saturated rings. The van der Waals surface area contributed by atoms with Gasteiger partial charge >= 0.3 is 0 Å². The lowest BCUT2D eigenvalue weighted by Gasteiger charge is -2.12. The second kappa shape index (κ2) is 9.17. The highest BCUT2D eigenvalue weighted by molar-refractivity contribution is 5.88. The first-order valence-electron chi connectivity index (χ1n) is 9.45. The number of hydrogen-bond donors (Lipinski definition) is 4. The third-order valence-corrected chi connectivity index (χ3v) is 4.35. The Bertz CT molecular complexity index is 1050. The number of anilines is 4. The van der Waals surface area contributed by atoms with Crippen LogP contribution < -0.4 is 21.7 Å². The van der Waals surface area contributed by atoms with E-state index in [0.717, 1.165) is 11.1 Å². The Balaban J connectivity index is 1.61. The molecule has 0 saturated heterocycles. The zero-order valence-corrected chi connectivity index (χ0v) is 17.1. The molecule has 0 radical (unpaired) electrons. The van der Waals surface area contributed by atoms with Crippen LogP contribution in [0.3, 0.4) is 0 Å². The van der Waals surface area contributed by atoms with Gasteiger partial charge in [-0.25, -0.2) is 14.4 Å². The van der Waals surface area contributed by atoms with Crippen molar-refractivity contribution in [3.63, 3.8) is 0 Å². The number of rotatable bonds is 7. The standard InChI is InChI=1S/C21H24FN7O/c1-12-9-17(22)13(2)8-16(12)18-10-20(29-21(23)28-18)25-7-6-24-19-5-4-15(11-26-19)27-14(3)30/h4-5,8-11H,6-7H2,1-3H3,(H,24,26)(H,27,30)(H3,23,25,28,29). The maximum atomic E-state index is 13.8. The molecule has 2 aromatic heterocycles. The SMILES string of the molecule is CC(=O)Nc1ccc(NCCNc2cc(-c3cc(C)c(F)cc3C)nc(N)n2)nc1. The van der Waals surface area contributed by atoms with Gasteiger partial charge in [0.15, 0.2) is 0 Å². The predicted molar refractivity (Wildman–Crippen MR) is 117 cm³/mol. The maximum absolute atomic E-state index is 13.8. The Morgan fingerprint density at radius 3 is 2.43 bits per heavy atom. The molecule has 3 rings (SSSR count). The molecule has 0 aliphatic heterocycles. The first-order chi connectivity index (χ1) is 14.3. The molecule has 1 aromatic carbocycles. The minimum absolute atomic E-state index is 0.138. The smallest absolute Gasteiger partial charge is 0.222 e. The third-order valence-electron chi connectivity index (χ3n) is 4.35. The summed E-state index contributed by atoms with van der Waals surface area (Å²) in [6.45, 7) is 6.14. The molecule has 5 N–H and O–H groups in total.